The molecule has 0 saturated carbocycles. The Morgan fingerprint density at radius 3 is 2.38 bits per heavy atom. The van der Waals surface area contributed by atoms with Crippen molar-refractivity contribution in [3.63, 3.8) is 0 Å². The number of amides is 1. The number of carbonyl (C=O) groups is 1. The second-order valence-corrected chi connectivity index (χ2v) is 8.15. The van der Waals surface area contributed by atoms with E-state index in [9.17, 15) is 10.1 Å². The lowest BCUT2D eigenvalue weighted by Crippen LogP contribution is -2.50. The number of piperazine rings is 1. The summed E-state index contributed by atoms with van der Waals surface area (Å²) in [5, 5.41) is 13.2. The lowest BCUT2D eigenvalue weighted by molar-refractivity contribution is -0.122. The van der Waals surface area contributed by atoms with E-state index in [0.29, 0.717) is 22.9 Å². The molecule has 1 fully saturated rings. The zero-order chi connectivity index (χ0) is 22.3. The quantitative estimate of drug-likeness (QED) is 0.627. The van der Waals surface area contributed by atoms with Crippen LogP contribution in [0.15, 0.2) is 72.9 Å². The van der Waals surface area contributed by atoms with Crippen LogP contribution in [-0.4, -0.2) is 48.5 Å². The van der Waals surface area contributed by atoms with E-state index in [1.165, 1.54) is 0 Å². The van der Waals surface area contributed by atoms with Crippen molar-refractivity contribution in [2.24, 2.45) is 0 Å². The average Bonchev–Trinajstić information content (AvgIpc) is 2.84. The molecule has 0 spiro atoms. The fourth-order valence-electron chi connectivity index (χ4n) is 3.92. The number of nitrogens with zero attached hydrogens (tertiary/aromatic N) is 4. The van der Waals surface area contributed by atoms with E-state index >= 15 is 0 Å². The molecule has 1 saturated heterocycles. The van der Waals surface area contributed by atoms with Crippen molar-refractivity contribution < 1.29 is 4.79 Å². The summed E-state index contributed by atoms with van der Waals surface area (Å²) in [6.45, 7) is 3.21. The molecule has 32 heavy (non-hydrogen) atoms. The topological polar surface area (TPSA) is 72.3 Å². The summed E-state index contributed by atoms with van der Waals surface area (Å²) in [4.78, 5) is 21.5. The zero-order valence-corrected chi connectivity index (χ0v) is 18.4. The lowest BCUT2D eigenvalue weighted by atomic mass is 9.98. The minimum Gasteiger partial charge on any atom is -0.353 e. The van der Waals surface area contributed by atoms with E-state index in [2.05, 4.69) is 26.2 Å². The Hall–Kier alpha value is -3.40. The molecular formula is C25H24ClN5O. The molecular weight excluding hydrogens is 422 g/mol. The predicted molar refractivity (Wildman–Crippen MR) is 125 cm³/mol. The molecule has 0 radical (unpaired) electrons. The van der Waals surface area contributed by atoms with Crippen LogP contribution in [0, 0.1) is 11.3 Å². The van der Waals surface area contributed by atoms with Crippen molar-refractivity contribution >= 4 is 23.3 Å². The number of nitrogens with one attached hydrogen (secondary N) is 1. The van der Waals surface area contributed by atoms with Gasteiger partial charge in [-0.25, -0.2) is 4.98 Å². The molecule has 1 aromatic heterocycles. The van der Waals surface area contributed by atoms with Crippen LogP contribution in [0.4, 0.5) is 5.82 Å². The van der Waals surface area contributed by atoms with Crippen molar-refractivity contribution in [2.45, 2.75) is 6.04 Å². The van der Waals surface area contributed by atoms with Gasteiger partial charge in [-0.05, 0) is 35.4 Å². The van der Waals surface area contributed by atoms with E-state index in [1.807, 2.05) is 54.6 Å². The van der Waals surface area contributed by atoms with E-state index in [0.717, 1.165) is 37.3 Å². The molecule has 6 nitrogen and oxygen atoms in total. The van der Waals surface area contributed by atoms with E-state index in [1.54, 1.807) is 18.3 Å². The molecule has 4 rings (SSSR count). The molecule has 0 aliphatic carbocycles. The number of nitriles is 1. The van der Waals surface area contributed by atoms with Crippen molar-refractivity contribution in [3.05, 3.63) is 94.6 Å². The van der Waals surface area contributed by atoms with Gasteiger partial charge >= 0.3 is 0 Å². The summed E-state index contributed by atoms with van der Waals surface area (Å²) in [6.07, 6.45) is 1.70. The molecule has 1 atom stereocenters. The van der Waals surface area contributed by atoms with Crippen LogP contribution < -0.4 is 10.2 Å². The van der Waals surface area contributed by atoms with Crippen LogP contribution in [0.3, 0.4) is 0 Å². The molecule has 1 aliphatic rings. The average molecular weight is 446 g/mol. The van der Waals surface area contributed by atoms with Gasteiger partial charge < -0.3 is 10.2 Å². The van der Waals surface area contributed by atoms with Gasteiger partial charge in [-0.15, -0.1) is 0 Å². The lowest BCUT2D eigenvalue weighted by Gasteiger charge is -2.35. The molecule has 7 heteroatoms. The normalized spacial score (nSPS) is 15.1. The predicted octanol–water partition coefficient (Wildman–Crippen LogP) is 3.63. The minimum absolute atomic E-state index is 0.0298. The largest absolute Gasteiger partial charge is 0.353 e. The Kier molecular flexibility index (Phi) is 7.00. The van der Waals surface area contributed by atoms with Crippen molar-refractivity contribution in [2.75, 3.05) is 37.6 Å². The summed E-state index contributed by atoms with van der Waals surface area (Å²) < 4.78 is 0. The summed E-state index contributed by atoms with van der Waals surface area (Å²) in [7, 11) is 0. The van der Waals surface area contributed by atoms with Crippen LogP contribution in [0.5, 0.6) is 0 Å². The third kappa shape index (κ3) is 5.25. The smallest absolute Gasteiger partial charge is 0.234 e. The van der Waals surface area contributed by atoms with Gasteiger partial charge in [0.15, 0.2) is 0 Å². The monoisotopic (exact) mass is 445 g/mol. The highest BCUT2D eigenvalue weighted by Crippen LogP contribution is 2.24. The summed E-state index contributed by atoms with van der Waals surface area (Å²) in [5.41, 5.74) is 2.58. The van der Waals surface area contributed by atoms with Crippen LogP contribution in [0.25, 0.3) is 0 Å². The minimum atomic E-state index is -0.242. The van der Waals surface area contributed by atoms with Gasteiger partial charge in [0.1, 0.15) is 11.9 Å². The molecule has 162 valence electrons. The Morgan fingerprint density at radius 1 is 1.00 bits per heavy atom. The highest BCUT2D eigenvalue weighted by atomic mass is 35.5. The summed E-state index contributed by atoms with van der Waals surface area (Å²) in [6, 6.07) is 23.0. The van der Waals surface area contributed by atoms with Gasteiger partial charge in [0, 0.05) is 37.4 Å². The first-order chi connectivity index (χ1) is 15.6. The molecule has 0 bridgehead atoms. The molecule has 1 amide bonds. The van der Waals surface area contributed by atoms with Crippen molar-refractivity contribution in [3.8, 4) is 6.07 Å². The zero-order valence-electron chi connectivity index (χ0n) is 17.6. The number of anilines is 1. The summed E-state index contributed by atoms with van der Waals surface area (Å²) >= 11 is 6.05. The molecule has 1 aliphatic heterocycles. The molecule has 3 aromatic rings. The van der Waals surface area contributed by atoms with Gasteiger partial charge in [0.05, 0.1) is 18.2 Å². The number of benzene rings is 2. The first kappa shape index (κ1) is 21.8. The number of halogens is 1. The van der Waals surface area contributed by atoms with E-state index < -0.39 is 0 Å². The van der Waals surface area contributed by atoms with Crippen molar-refractivity contribution in [1.29, 1.82) is 5.26 Å². The van der Waals surface area contributed by atoms with Crippen LogP contribution in [0.2, 0.25) is 5.02 Å². The molecule has 2 heterocycles. The van der Waals surface area contributed by atoms with Gasteiger partial charge in [-0.1, -0.05) is 54.1 Å². The number of rotatable bonds is 6. The molecule has 2 aromatic carbocycles. The Bertz CT molecular complexity index is 1090. The number of hydrogen-bond acceptors (Lipinski definition) is 5. The van der Waals surface area contributed by atoms with Gasteiger partial charge in [-0.3, -0.25) is 9.69 Å². The first-order valence-corrected chi connectivity index (χ1v) is 10.9. The van der Waals surface area contributed by atoms with Crippen LogP contribution >= 0.6 is 11.6 Å². The number of hydrogen-bond donors (Lipinski definition) is 1. The van der Waals surface area contributed by atoms with Crippen LogP contribution in [-0.2, 0) is 4.79 Å². The second kappa shape index (κ2) is 10.3. The van der Waals surface area contributed by atoms with E-state index in [-0.39, 0.29) is 11.9 Å². The number of pyridine rings is 1. The Morgan fingerprint density at radius 2 is 1.69 bits per heavy atom. The molecule has 1 unspecified atom stereocenters. The second-order valence-electron chi connectivity index (χ2n) is 7.71. The maximum atomic E-state index is 12.9. The van der Waals surface area contributed by atoms with Crippen LogP contribution in [0.1, 0.15) is 22.7 Å². The highest BCUT2D eigenvalue weighted by molar-refractivity contribution is 6.30. The first-order valence-electron chi connectivity index (χ1n) is 10.6. The standard InChI is InChI=1S/C25H24ClN5O/c26-22-10-8-20(9-11-22)24(19-5-2-1-3-6-19)29-23(32)18-30-13-15-31(16-14-30)25-21(17-27)7-4-12-28-25/h1-12,24H,13-16,18H2,(H,29,32). The fraction of sp³-hybridized carbons (Fsp3) is 0.240. The third-order valence-electron chi connectivity index (χ3n) is 5.59. The fourth-order valence-corrected chi connectivity index (χ4v) is 4.05. The van der Waals surface area contributed by atoms with E-state index in [4.69, 9.17) is 11.6 Å². The number of carbonyl (C=O) groups excluding carboxylic acids is 1. The van der Waals surface area contributed by atoms with Gasteiger partial charge in [-0.2, -0.15) is 5.26 Å². The maximum absolute atomic E-state index is 12.9. The number of aromatic nitrogens is 1. The summed E-state index contributed by atoms with van der Waals surface area (Å²) in [5.74, 6) is 0.684. The SMILES string of the molecule is N#Cc1cccnc1N1CCN(CC(=O)NC(c2ccccc2)c2ccc(Cl)cc2)CC1. The third-order valence-corrected chi connectivity index (χ3v) is 5.84. The van der Waals surface area contributed by atoms with Crippen molar-refractivity contribution in [1.82, 2.24) is 15.2 Å². The highest BCUT2D eigenvalue weighted by Gasteiger charge is 2.23. The Balaban J connectivity index is 1.39. The molecule has 1 N–H and O–H groups in total. The van der Waals surface area contributed by atoms with Gasteiger partial charge in [0.25, 0.3) is 0 Å². The van der Waals surface area contributed by atoms with Gasteiger partial charge in [0.2, 0.25) is 5.91 Å². The maximum Gasteiger partial charge on any atom is 0.234 e. The Labute approximate surface area is 193 Å².